The molecule has 1 heterocycles. The number of fused-ring (bicyclic) bond motifs is 1. The first-order valence-electron chi connectivity index (χ1n) is 5.58. The van der Waals surface area contributed by atoms with Crippen molar-refractivity contribution in [2.45, 2.75) is 6.18 Å². The molecule has 2 aromatic rings. The Hall–Kier alpha value is -1.83. The van der Waals surface area contributed by atoms with E-state index < -0.39 is 22.0 Å². The number of hydrogen-bond acceptors (Lipinski definition) is 3. The molecule has 0 saturated carbocycles. The molecule has 0 aliphatic heterocycles. The van der Waals surface area contributed by atoms with E-state index in [1.54, 1.807) is 24.3 Å². The molecule has 0 bridgehead atoms. The van der Waals surface area contributed by atoms with Gasteiger partial charge in [0.1, 0.15) is 0 Å². The van der Waals surface area contributed by atoms with Gasteiger partial charge in [0, 0.05) is 18.6 Å². The van der Waals surface area contributed by atoms with Crippen LogP contribution in [0.2, 0.25) is 0 Å². The van der Waals surface area contributed by atoms with E-state index in [2.05, 4.69) is 4.98 Å². The molecule has 0 radical (unpaired) electrons. The fourth-order valence-electron chi connectivity index (χ4n) is 1.80. The lowest BCUT2D eigenvalue weighted by Crippen LogP contribution is -2.35. The minimum absolute atomic E-state index is 0.118. The molecule has 0 fully saturated rings. The van der Waals surface area contributed by atoms with Crippen LogP contribution in [0.15, 0.2) is 36.5 Å². The summed E-state index contributed by atoms with van der Waals surface area (Å²) >= 11 is 0. The lowest BCUT2D eigenvalue weighted by molar-refractivity contribution is -0.106. The highest BCUT2D eigenvalue weighted by Gasteiger charge is 2.37. The minimum atomic E-state index is -4.79. The normalized spacial score (nSPS) is 12.6. The summed E-state index contributed by atoms with van der Waals surface area (Å²) in [7, 11) is -3.41. The monoisotopic (exact) mass is 304 g/mol. The minimum Gasteiger partial charge on any atom is -0.271 e. The first-order valence-corrected chi connectivity index (χ1v) is 7.19. The number of hydrogen-bond donors (Lipinski definition) is 0. The van der Waals surface area contributed by atoms with Crippen LogP contribution >= 0.6 is 0 Å². The molecule has 0 atom stereocenters. The van der Waals surface area contributed by atoms with Crippen LogP contribution < -0.4 is 4.31 Å². The van der Waals surface area contributed by atoms with Crippen LogP contribution in [0.25, 0.3) is 10.9 Å². The molecular weight excluding hydrogens is 293 g/mol. The number of rotatable bonds is 3. The van der Waals surface area contributed by atoms with Crippen molar-refractivity contribution in [3.63, 3.8) is 0 Å². The molecule has 4 nitrogen and oxygen atoms in total. The maximum Gasteiger partial charge on any atom is 0.404 e. The van der Waals surface area contributed by atoms with E-state index in [0.29, 0.717) is 15.2 Å². The fourth-order valence-corrected chi connectivity index (χ4v) is 2.85. The van der Waals surface area contributed by atoms with E-state index >= 15 is 0 Å². The van der Waals surface area contributed by atoms with Gasteiger partial charge in [0.05, 0.1) is 11.2 Å². The smallest absolute Gasteiger partial charge is 0.271 e. The zero-order chi connectivity index (χ0) is 15.0. The summed E-state index contributed by atoms with van der Waals surface area (Å²) in [6, 6.07) is 8.06. The summed E-state index contributed by atoms with van der Waals surface area (Å²) in [5.41, 5.74) is 0.454. The molecule has 0 amide bonds. The van der Waals surface area contributed by atoms with E-state index in [1.807, 2.05) is 0 Å². The van der Waals surface area contributed by atoms with Crippen LogP contribution in [0.3, 0.4) is 0 Å². The first kappa shape index (κ1) is 14.6. The van der Waals surface area contributed by atoms with Gasteiger partial charge in [-0.1, -0.05) is 18.2 Å². The van der Waals surface area contributed by atoms with Crippen molar-refractivity contribution in [2.75, 3.05) is 17.1 Å². The van der Waals surface area contributed by atoms with Crippen LogP contribution in [0.4, 0.5) is 18.9 Å². The van der Waals surface area contributed by atoms with Gasteiger partial charge in [-0.05, 0) is 12.1 Å². The summed E-state index contributed by atoms with van der Waals surface area (Å²) in [4.78, 5) is 4.02. The number of benzene rings is 1. The number of anilines is 1. The number of sulfonamides is 1. The number of pyridine rings is 1. The predicted molar refractivity (Wildman–Crippen MR) is 70.0 cm³/mol. The highest BCUT2D eigenvalue weighted by molar-refractivity contribution is 7.92. The first-order chi connectivity index (χ1) is 9.21. The van der Waals surface area contributed by atoms with Crippen molar-refractivity contribution in [1.82, 2.24) is 4.98 Å². The van der Waals surface area contributed by atoms with Gasteiger partial charge in [-0.3, -0.25) is 9.29 Å². The van der Waals surface area contributed by atoms with E-state index in [1.165, 1.54) is 12.3 Å². The van der Waals surface area contributed by atoms with Crippen molar-refractivity contribution in [1.29, 1.82) is 0 Å². The molecule has 0 unspecified atom stereocenters. The van der Waals surface area contributed by atoms with Crippen molar-refractivity contribution in [3.05, 3.63) is 36.5 Å². The Morgan fingerprint density at radius 3 is 2.50 bits per heavy atom. The lowest BCUT2D eigenvalue weighted by atomic mass is 10.2. The fraction of sp³-hybridized carbons (Fsp3) is 0.250. The van der Waals surface area contributed by atoms with Crippen LogP contribution in [0.5, 0.6) is 0 Å². The molecule has 108 valence electrons. The Balaban J connectivity index is 2.49. The second-order valence-corrected chi connectivity index (χ2v) is 6.19. The number of aromatic nitrogens is 1. The Kier molecular flexibility index (Phi) is 3.59. The third kappa shape index (κ3) is 3.01. The summed E-state index contributed by atoms with van der Waals surface area (Å²) < 4.78 is 61.1. The molecular formula is C12H11F3N2O2S. The Bertz CT molecular complexity index is 724. The predicted octanol–water partition coefficient (Wildman–Crippen LogP) is 2.56. The third-order valence-electron chi connectivity index (χ3n) is 2.71. The van der Waals surface area contributed by atoms with Crippen LogP contribution in [-0.4, -0.2) is 32.4 Å². The molecule has 0 aliphatic carbocycles. The standard InChI is InChI=1S/C12H11F3N2O2S/c1-17(20(18,19)8-12(13,14)15)10-6-2-4-9-5-3-7-16-11(9)10/h2-7H,8H2,1H3. The maximum absolute atomic E-state index is 12.3. The number of nitrogens with zero attached hydrogens (tertiary/aromatic N) is 2. The number of halogens is 3. The van der Waals surface area contributed by atoms with Gasteiger partial charge in [0.25, 0.3) is 0 Å². The van der Waals surface area contributed by atoms with E-state index in [4.69, 9.17) is 0 Å². The van der Waals surface area contributed by atoms with Gasteiger partial charge in [0.15, 0.2) is 5.75 Å². The van der Waals surface area contributed by atoms with Crippen molar-refractivity contribution < 1.29 is 21.6 Å². The van der Waals surface area contributed by atoms with Crippen LogP contribution in [0.1, 0.15) is 0 Å². The molecule has 0 spiro atoms. The summed E-state index contributed by atoms with van der Waals surface area (Å²) in [5, 5.41) is 0.652. The van der Waals surface area contributed by atoms with Gasteiger partial charge in [-0.15, -0.1) is 0 Å². The molecule has 0 aliphatic rings. The Morgan fingerprint density at radius 1 is 1.20 bits per heavy atom. The highest BCUT2D eigenvalue weighted by Crippen LogP contribution is 2.28. The number of alkyl halides is 3. The molecule has 20 heavy (non-hydrogen) atoms. The zero-order valence-corrected chi connectivity index (χ0v) is 11.2. The largest absolute Gasteiger partial charge is 0.404 e. The van der Waals surface area contributed by atoms with E-state index in [0.717, 1.165) is 7.05 Å². The van der Waals surface area contributed by atoms with Crippen molar-refractivity contribution in [3.8, 4) is 0 Å². The Morgan fingerprint density at radius 2 is 1.85 bits per heavy atom. The average Bonchev–Trinajstić information content (AvgIpc) is 2.34. The second kappa shape index (κ2) is 4.93. The van der Waals surface area contributed by atoms with Crippen molar-refractivity contribution >= 4 is 26.6 Å². The molecule has 0 saturated heterocycles. The van der Waals surface area contributed by atoms with Crippen molar-refractivity contribution in [2.24, 2.45) is 0 Å². The number of para-hydroxylation sites is 1. The molecule has 0 N–H and O–H groups in total. The third-order valence-corrected chi connectivity index (χ3v) is 4.44. The Labute approximate surface area is 113 Å². The summed E-state index contributed by atoms with van der Waals surface area (Å²) in [5.74, 6) is -1.90. The van der Waals surface area contributed by atoms with Gasteiger partial charge < -0.3 is 0 Å². The topological polar surface area (TPSA) is 50.3 Å². The van der Waals surface area contributed by atoms with Gasteiger partial charge in [-0.2, -0.15) is 13.2 Å². The van der Waals surface area contributed by atoms with E-state index in [-0.39, 0.29) is 5.69 Å². The molecule has 8 heteroatoms. The van der Waals surface area contributed by atoms with Crippen LogP contribution in [-0.2, 0) is 10.0 Å². The van der Waals surface area contributed by atoms with Gasteiger partial charge in [-0.25, -0.2) is 8.42 Å². The molecule has 1 aromatic carbocycles. The quantitative estimate of drug-likeness (QED) is 0.875. The molecule has 1 aromatic heterocycles. The average molecular weight is 304 g/mol. The SMILES string of the molecule is CN(c1cccc2cccnc12)S(=O)(=O)CC(F)(F)F. The lowest BCUT2D eigenvalue weighted by Gasteiger charge is -2.21. The van der Waals surface area contributed by atoms with E-state index in [9.17, 15) is 21.6 Å². The van der Waals surface area contributed by atoms with Crippen LogP contribution in [0, 0.1) is 0 Å². The summed E-state index contributed by atoms with van der Waals surface area (Å²) in [6.45, 7) is 0. The highest BCUT2D eigenvalue weighted by atomic mass is 32.2. The second-order valence-electron chi connectivity index (χ2n) is 4.19. The van der Waals surface area contributed by atoms with Gasteiger partial charge in [0.2, 0.25) is 10.0 Å². The summed E-state index contributed by atoms with van der Waals surface area (Å²) in [6.07, 6.45) is -3.33. The molecule has 2 rings (SSSR count). The van der Waals surface area contributed by atoms with Gasteiger partial charge >= 0.3 is 6.18 Å². The maximum atomic E-state index is 12.3. The zero-order valence-electron chi connectivity index (χ0n) is 10.4.